The lowest BCUT2D eigenvalue weighted by Crippen LogP contribution is -2.41. The van der Waals surface area contributed by atoms with E-state index in [0.29, 0.717) is 11.3 Å². The van der Waals surface area contributed by atoms with E-state index >= 15 is 0 Å². The molecule has 0 aromatic heterocycles. The molecule has 16 heavy (non-hydrogen) atoms. The fourth-order valence-corrected chi connectivity index (χ4v) is 1.74. The predicted octanol–water partition coefficient (Wildman–Crippen LogP) is 0.0828. The molecular weight excluding hydrogens is 210 g/mol. The van der Waals surface area contributed by atoms with Crippen molar-refractivity contribution >= 4 is 17.8 Å². The molecule has 1 aliphatic heterocycles. The van der Waals surface area contributed by atoms with E-state index in [0.717, 1.165) is 11.3 Å². The zero-order chi connectivity index (χ0) is 11.8. The maximum Gasteiger partial charge on any atom is 0.303 e. The Morgan fingerprint density at radius 1 is 1.56 bits per heavy atom. The van der Waals surface area contributed by atoms with Gasteiger partial charge in [-0.3, -0.25) is 9.63 Å². The van der Waals surface area contributed by atoms with Crippen LogP contribution >= 0.6 is 0 Å². The second kappa shape index (κ2) is 3.53. The first-order chi connectivity index (χ1) is 7.65. The van der Waals surface area contributed by atoms with E-state index in [2.05, 4.69) is 4.79 Å². The van der Waals surface area contributed by atoms with Crippen LogP contribution in [0.5, 0.6) is 0 Å². The van der Waals surface area contributed by atoms with Gasteiger partial charge in [0.25, 0.3) is 11.5 Å². The smallest absolute Gasteiger partial charge is 0.303 e. The Bertz CT molecular complexity index is 496. The molecule has 0 fully saturated rings. The summed E-state index contributed by atoms with van der Waals surface area (Å²) < 4.78 is 0. The normalized spacial score (nSPS) is 22.9. The summed E-state index contributed by atoms with van der Waals surface area (Å²) in [5.41, 5.74) is 7.27. The van der Waals surface area contributed by atoms with Crippen molar-refractivity contribution in [1.29, 1.82) is 0 Å². The average molecular weight is 219 g/mol. The van der Waals surface area contributed by atoms with E-state index in [1.807, 2.05) is 0 Å². The molecule has 1 N–H and O–H groups in total. The van der Waals surface area contributed by atoms with Crippen molar-refractivity contribution in [2.45, 2.75) is 5.60 Å². The number of hydrogen-bond donors (Lipinski definition) is 1. The van der Waals surface area contributed by atoms with Crippen molar-refractivity contribution in [3.63, 3.8) is 0 Å². The molecule has 0 saturated carbocycles. The van der Waals surface area contributed by atoms with E-state index in [1.165, 1.54) is 7.11 Å². The fourth-order valence-electron chi connectivity index (χ4n) is 1.74. The van der Waals surface area contributed by atoms with Crippen molar-refractivity contribution in [3.05, 3.63) is 35.4 Å². The van der Waals surface area contributed by atoms with Gasteiger partial charge in [0.15, 0.2) is 0 Å². The third kappa shape index (κ3) is 1.18. The molecule has 1 atom stereocenters. The van der Waals surface area contributed by atoms with Gasteiger partial charge in [0.1, 0.15) is 0 Å². The molecule has 82 valence electrons. The first-order valence-corrected chi connectivity index (χ1v) is 4.54. The molecule has 0 aliphatic carbocycles. The number of rotatable bonds is 2. The Hall–Kier alpha value is -2.01. The topological polar surface area (TPSA) is 86.2 Å². The number of aliphatic hydroxyl groups is 1. The summed E-state index contributed by atoms with van der Waals surface area (Å²) in [4.78, 5) is 19.5. The Labute approximate surface area is 91.3 Å². The van der Waals surface area contributed by atoms with E-state index < -0.39 is 11.5 Å². The van der Waals surface area contributed by atoms with Gasteiger partial charge in [0, 0.05) is 5.56 Å². The average Bonchev–Trinajstić information content (AvgIpc) is 2.50. The minimum Gasteiger partial charge on any atom is -0.367 e. The fraction of sp³-hybridized carbons (Fsp3) is 0.200. The summed E-state index contributed by atoms with van der Waals surface area (Å²) in [6.45, 7) is 0. The van der Waals surface area contributed by atoms with Crippen LogP contribution in [0.1, 0.15) is 5.56 Å². The predicted molar refractivity (Wildman–Crippen MR) is 54.5 cm³/mol. The lowest BCUT2D eigenvalue weighted by molar-refractivity contribution is -0.138. The van der Waals surface area contributed by atoms with Crippen molar-refractivity contribution in [1.82, 2.24) is 0 Å². The van der Waals surface area contributed by atoms with Crippen LogP contribution in [0.15, 0.2) is 24.3 Å². The quantitative estimate of drug-likeness (QED) is 0.434. The highest BCUT2D eigenvalue weighted by Crippen LogP contribution is 2.38. The number of para-hydroxylation sites is 1. The van der Waals surface area contributed by atoms with Crippen LogP contribution in [-0.2, 0) is 15.2 Å². The van der Waals surface area contributed by atoms with Gasteiger partial charge in [-0.2, -0.15) is 9.85 Å². The van der Waals surface area contributed by atoms with Crippen LogP contribution in [0, 0.1) is 0 Å². The number of carbonyl (C=O) groups is 1. The number of hydroxylamine groups is 1. The Kier molecular flexibility index (Phi) is 2.32. The van der Waals surface area contributed by atoms with Gasteiger partial charge >= 0.3 is 6.21 Å². The molecule has 1 unspecified atom stereocenters. The van der Waals surface area contributed by atoms with Crippen molar-refractivity contribution < 1.29 is 19.5 Å². The molecule has 0 saturated heterocycles. The largest absolute Gasteiger partial charge is 0.367 e. The molecule has 1 aromatic carbocycles. The molecule has 1 aliphatic rings. The lowest BCUT2D eigenvalue weighted by atomic mass is 9.97. The maximum atomic E-state index is 11.9. The zero-order valence-electron chi connectivity index (χ0n) is 8.49. The van der Waals surface area contributed by atoms with Crippen LogP contribution in [0.4, 0.5) is 5.69 Å². The number of anilines is 1. The minimum atomic E-state index is -1.97. The van der Waals surface area contributed by atoms with E-state index in [9.17, 15) is 9.90 Å². The Morgan fingerprint density at radius 3 is 2.88 bits per heavy atom. The number of hydrogen-bond acceptors (Lipinski definition) is 3. The second-order valence-corrected chi connectivity index (χ2v) is 3.31. The van der Waals surface area contributed by atoms with Crippen molar-refractivity contribution in [3.8, 4) is 0 Å². The van der Waals surface area contributed by atoms with E-state index in [-0.39, 0.29) is 0 Å². The minimum absolute atomic E-state index is 0.319. The van der Waals surface area contributed by atoms with Gasteiger partial charge in [-0.25, -0.2) is 0 Å². The van der Waals surface area contributed by atoms with Crippen LogP contribution in [0.2, 0.25) is 0 Å². The van der Waals surface area contributed by atoms with E-state index in [4.69, 9.17) is 10.4 Å². The number of carbonyl (C=O) groups excluding carboxylic acids is 1. The van der Waals surface area contributed by atoms with Crippen LogP contribution in [-0.4, -0.2) is 29.1 Å². The Morgan fingerprint density at radius 2 is 2.25 bits per heavy atom. The molecule has 0 spiro atoms. The van der Waals surface area contributed by atoms with Gasteiger partial charge in [0.2, 0.25) is 0 Å². The standard InChI is InChI=1S/C10H9N3O3/c1-16-13-8-5-3-2-4-7(8)10(15,6-12-11)9(13)14/h2-6,15H,1H3. The molecule has 1 heterocycles. The van der Waals surface area contributed by atoms with Gasteiger partial charge < -0.3 is 10.6 Å². The summed E-state index contributed by atoms with van der Waals surface area (Å²) in [6.07, 6.45) is 0.771. The summed E-state index contributed by atoms with van der Waals surface area (Å²) >= 11 is 0. The molecule has 1 amide bonds. The summed E-state index contributed by atoms with van der Waals surface area (Å²) in [5.74, 6) is -0.714. The van der Waals surface area contributed by atoms with Gasteiger partial charge in [-0.15, -0.1) is 0 Å². The number of benzene rings is 1. The molecule has 0 bridgehead atoms. The highest BCUT2D eigenvalue weighted by Gasteiger charge is 2.53. The highest BCUT2D eigenvalue weighted by atomic mass is 16.7. The Balaban J connectivity index is 2.68. The van der Waals surface area contributed by atoms with Gasteiger partial charge in [-0.1, -0.05) is 18.2 Å². The molecule has 6 heteroatoms. The molecular formula is C10H9N3O3. The number of nitrogens with zero attached hydrogens (tertiary/aromatic N) is 3. The third-order valence-electron chi connectivity index (χ3n) is 2.47. The number of amides is 1. The summed E-state index contributed by atoms with van der Waals surface area (Å²) in [7, 11) is 1.32. The van der Waals surface area contributed by atoms with Crippen LogP contribution in [0.25, 0.3) is 5.53 Å². The second-order valence-electron chi connectivity index (χ2n) is 3.31. The monoisotopic (exact) mass is 219 g/mol. The van der Waals surface area contributed by atoms with Crippen LogP contribution in [0.3, 0.4) is 0 Å². The van der Waals surface area contributed by atoms with E-state index in [1.54, 1.807) is 24.3 Å². The van der Waals surface area contributed by atoms with Crippen molar-refractivity contribution in [2.24, 2.45) is 0 Å². The van der Waals surface area contributed by atoms with Crippen molar-refractivity contribution in [2.75, 3.05) is 12.2 Å². The zero-order valence-corrected chi connectivity index (χ0v) is 8.49. The maximum absolute atomic E-state index is 11.9. The summed E-state index contributed by atoms with van der Waals surface area (Å²) in [6, 6.07) is 6.56. The molecule has 1 aromatic rings. The lowest BCUT2D eigenvalue weighted by Gasteiger charge is -2.14. The SMILES string of the molecule is CON1C(=O)C(O)(C=[N+]=[N-])c2ccccc21. The number of fused-ring (bicyclic) bond motifs is 1. The first-order valence-electron chi connectivity index (χ1n) is 4.54. The molecule has 0 radical (unpaired) electrons. The highest BCUT2D eigenvalue weighted by molar-refractivity contribution is 6.14. The first kappa shape index (κ1) is 10.5. The van der Waals surface area contributed by atoms with Crippen LogP contribution < -0.4 is 5.06 Å². The molecule has 6 nitrogen and oxygen atoms in total. The van der Waals surface area contributed by atoms with Gasteiger partial charge in [0.05, 0.1) is 12.8 Å². The molecule has 2 rings (SSSR count). The summed E-state index contributed by atoms with van der Waals surface area (Å²) in [5, 5.41) is 11.1. The third-order valence-corrected chi connectivity index (χ3v) is 2.47. The van der Waals surface area contributed by atoms with Gasteiger partial charge in [-0.05, 0) is 6.07 Å².